The van der Waals surface area contributed by atoms with Gasteiger partial charge in [-0.15, -0.1) is 11.3 Å². The van der Waals surface area contributed by atoms with Crippen molar-refractivity contribution in [1.82, 2.24) is 15.5 Å². The highest BCUT2D eigenvalue weighted by Gasteiger charge is 2.06. The Bertz CT molecular complexity index is 757. The average molecular weight is 389 g/mol. The maximum absolute atomic E-state index is 11.9. The third-order valence-electron chi connectivity index (χ3n) is 3.92. The number of nitrogens with zero attached hydrogens (tertiary/aromatic N) is 2. The van der Waals surface area contributed by atoms with Crippen LogP contribution >= 0.6 is 11.3 Å². The molecule has 6 nitrogen and oxygen atoms in total. The molecule has 2 N–H and O–H groups in total. The topological polar surface area (TPSA) is 66.0 Å². The average Bonchev–Trinajstić information content (AvgIpc) is 3.16. The van der Waals surface area contributed by atoms with Crippen LogP contribution in [0.1, 0.15) is 16.0 Å². The minimum absolute atomic E-state index is 0.0000170. The van der Waals surface area contributed by atoms with Crippen molar-refractivity contribution in [3.8, 4) is 5.75 Å². The lowest BCUT2D eigenvalue weighted by Crippen LogP contribution is -2.43. The Hall–Kier alpha value is -2.54. The highest BCUT2D eigenvalue weighted by atomic mass is 32.1. The highest BCUT2D eigenvalue weighted by molar-refractivity contribution is 7.09. The number of likely N-dealkylation sites (N-methyl/N-ethyl adjacent to an activating group) is 1. The van der Waals surface area contributed by atoms with Crippen LogP contribution in [0.3, 0.4) is 0 Å². The summed E-state index contributed by atoms with van der Waals surface area (Å²) in [6.45, 7) is 3.49. The molecule has 1 heterocycles. The molecule has 27 heavy (non-hydrogen) atoms. The van der Waals surface area contributed by atoms with Crippen molar-refractivity contribution >= 4 is 23.2 Å². The summed E-state index contributed by atoms with van der Waals surface area (Å²) in [5.74, 6) is 1.45. The maximum atomic E-state index is 11.9. The molecule has 146 valence electrons. The van der Waals surface area contributed by atoms with Gasteiger partial charge in [-0.3, -0.25) is 4.79 Å². The minimum Gasteiger partial charge on any atom is -0.497 e. The predicted octanol–water partition coefficient (Wildman–Crippen LogP) is 2.43. The fourth-order valence-corrected chi connectivity index (χ4v) is 3.16. The van der Waals surface area contributed by atoms with Gasteiger partial charge in [0.1, 0.15) is 5.75 Å². The van der Waals surface area contributed by atoms with Crippen molar-refractivity contribution in [2.45, 2.75) is 19.9 Å². The van der Waals surface area contributed by atoms with Gasteiger partial charge in [-0.2, -0.15) is 0 Å². The van der Waals surface area contributed by atoms with E-state index in [-0.39, 0.29) is 12.5 Å². The zero-order chi connectivity index (χ0) is 19.6. The van der Waals surface area contributed by atoms with Gasteiger partial charge in [-0.1, -0.05) is 12.1 Å². The third-order valence-corrected chi connectivity index (χ3v) is 4.85. The summed E-state index contributed by atoms with van der Waals surface area (Å²) in [4.78, 5) is 19.4. The number of methoxy groups -OCH3 is 1. The Kier molecular flexibility index (Phi) is 8.13. The molecule has 1 aromatic heterocycles. The number of aliphatic imine (C=N–C) groups is 1. The molecule has 0 saturated heterocycles. The summed E-state index contributed by atoms with van der Waals surface area (Å²) in [6.07, 6.45) is 0.915. The number of aryl methyl sites for hydroxylation is 1. The van der Waals surface area contributed by atoms with Gasteiger partial charge < -0.3 is 20.3 Å². The van der Waals surface area contributed by atoms with Crippen LogP contribution in [0.15, 0.2) is 40.7 Å². The van der Waals surface area contributed by atoms with Crippen LogP contribution in [0.4, 0.5) is 0 Å². The number of amides is 1. The second-order valence-corrected chi connectivity index (χ2v) is 7.45. The normalized spacial score (nSPS) is 11.2. The van der Waals surface area contributed by atoms with Crippen molar-refractivity contribution < 1.29 is 9.53 Å². The molecular weight excluding hydrogens is 360 g/mol. The van der Waals surface area contributed by atoms with Gasteiger partial charge in [0.05, 0.1) is 20.2 Å². The standard InChI is InChI=1S/C20H28N4O2S/c1-15-10-16(12-17(11-15)26-4)13-22-20(23-14-19(25)24(2)3)21-8-7-18-6-5-9-27-18/h5-6,9-12H,7-8,13-14H2,1-4H3,(H2,21,22,23). The minimum atomic E-state index is -0.0000170. The van der Waals surface area contributed by atoms with Gasteiger partial charge in [-0.25, -0.2) is 4.99 Å². The van der Waals surface area contributed by atoms with Crippen molar-refractivity contribution in [3.05, 3.63) is 51.7 Å². The number of rotatable bonds is 8. The Morgan fingerprint density at radius 1 is 1.26 bits per heavy atom. The van der Waals surface area contributed by atoms with E-state index in [1.54, 1.807) is 37.4 Å². The van der Waals surface area contributed by atoms with Crippen LogP contribution in [0.2, 0.25) is 0 Å². The van der Waals surface area contributed by atoms with Crippen LogP contribution in [-0.2, 0) is 17.8 Å². The molecule has 0 saturated carbocycles. The first kappa shape index (κ1) is 20.8. The Morgan fingerprint density at radius 2 is 2.07 bits per heavy atom. The van der Waals surface area contributed by atoms with E-state index < -0.39 is 0 Å². The van der Waals surface area contributed by atoms with E-state index in [2.05, 4.69) is 33.1 Å². The van der Waals surface area contributed by atoms with Gasteiger partial charge in [0.2, 0.25) is 5.91 Å². The first-order chi connectivity index (χ1) is 13.0. The number of benzene rings is 1. The molecule has 0 aliphatic carbocycles. The van der Waals surface area contributed by atoms with Gasteiger partial charge >= 0.3 is 0 Å². The molecule has 0 unspecified atom stereocenters. The lowest BCUT2D eigenvalue weighted by molar-refractivity contribution is -0.127. The fraction of sp³-hybridized carbons (Fsp3) is 0.400. The zero-order valence-corrected chi connectivity index (χ0v) is 17.2. The van der Waals surface area contributed by atoms with E-state index in [9.17, 15) is 4.79 Å². The molecule has 1 aromatic carbocycles. The zero-order valence-electron chi connectivity index (χ0n) is 16.4. The van der Waals surface area contributed by atoms with E-state index in [0.29, 0.717) is 12.5 Å². The first-order valence-corrected chi connectivity index (χ1v) is 9.75. The van der Waals surface area contributed by atoms with Crippen molar-refractivity contribution in [2.75, 3.05) is 34.3 Å². The number of carbonyl (C=O) groups excluding carboxylic acids is 1. The van der Waals surface area contributed by atoms with E-state index in [0.717, 1.165) is 29.8 Å². The second kappa shape index (κ2) is 10.6. The molecule has 7 heteroatoms. The molecule has 2 rings (SSSR count). The number of guanidine groups is 1. The molecular formula is C20H28N4O2S. The Balaban J connectivity index is 2.01. The first-order valence-electron chi connectivity index (χ1n) is 8.87. The molecule has 0 fully saturated rings. The largest absolute Gasteiger partial charge is 0.497 e. The highest BCUT2D eigenvalue weighted by Crippen LogP contribution is 2.17. The van der Waals surface area contributed by atoms with Gasteiger partial charge in [0, 0.05) is 25.5 Å². The van der Waals surface area contributed by atoms with Gasteiger partial charge in [0.15, 0.2) is 5.96 Å². The number of ether oxygens (including phenoxy) is 1. The quantitative estimate of drug-likeness (QED) is 0.538. The molecule has 0 atom stereocenters. The van der Waals surface area contributed by atoms with Gasteiger partial charge in [0.25, 0.3) is 0 Å². The molecule has 0 spiro atoms. The molecule has 0 radical (unpaired) electrons. The Labute approximate surface area is 165 Å². The fourth-order valence-electron chi connectivity index (χ4n) is 2.45. The van der Waals surface area contributed by atoms with Crippen molar-refractivity contribution in [2.24, 2.45) is 4.99 Å². The second-order valence-electron chi connectivity index (χ2n) is 6.42. The van der Waals surface area contributed by atoms with E-state index in [1.165, 1.54) is 4.88 Å². The van der Waals surface area contributed by atoms with Crippen LogP contribution in [0, 0.1) is 6.92 Å². The Morgan fingerprint density at radius 3 is 2.74 bits per heavy atom. The molecule has 0 bridgehead atoms. The summed E-state index contributed by atoms with van der Waals surface area (Å²) in [5.41, 5.74) is 2.19. The third kappa shape index (κ3) is 7.30. The summed E-state index contributed by atoms with van der Waals surface area (Å²) >= 11 is 1.74. The number of hydrogen-bond donors (Lipinski definition) is 2. The van der Waals surface area contributed by atoms with Crippen molar-refractivity contribution in [3.63, 3.8) is 0 Å². The summed E-state index contributed by atoms with van der Waals surface area (Å²) < 4.78 is 5.33. The predicted molar refractivity (Wildman–Crippen MR) is 112 cm³/mol. The van der Waals surface area contributed by atoms with Crippen LogP contribution < -0.4 is 15.4 Å². The van der Waals surface area contributed by atoms with E-state index in [4.69, 9.17) is 4.74 Å². The van der Waals surface area contributed by atoms with Crippen LogP contribution in [0.5, 0.6) is 5.75 Å². The van der Waals surface area contributed by atoms with Gasteiger partial charge in [-0.05, 0) is 48.1 Å². The summed E-state index contributed by atoms with van der Waals surface area (Å²) in [6, 6.07) is 10.2. The van der Waals surface area contributed by atoms with Crippen LogP contribution in [0.25, 0.3) is 0 Å². The summed E-state index contributed by atoms with van der Waals surface area (Å²) in [7, 11) is 5.14. The molecule has 1 amide bonds. The monoisotopic (exact) mass is 388 g/mol. The SMILES string of the molecule is COc1cc(C)cc(CN=C(NCCc2cccs2)NCC(=O)N(C)C)c1. The lowest BCUT2D eigenvalue weighted by atomic mass is 10.1. The lowest BCUT2D eigenvalue weighted by Gasteiger charge is -2.15. The summed E-state index contributed by atoms with van der Waals surface area (Å²) in [5, 5.41) is 8.50. The van der Waals surface area contributed by atoms with E-state index >= 15 is 0 Å². The number of hydrogen-bond acceptors (Lipinski definition) is 4. The van der Waals surface area contributed by atoms with Crippen molar-refractivity contribution in [1.29, 1.82) is 0 Å². The van der Waals surface area contributed by atoms with E-state index in [1.807, 2.05) is 25.1 Å². The smallest absolute Gasteiger partial charge is 0.241 e. The molecule has 0 aliphatic rings. The van der Waals surface area contributed by atoms with Crippen LogP contribution in [-0.4, -0.2) is 51.1 Å². The number of carbonyl (C=O) groups is 1. The maximum Gasteiger partial charge on any atom is 0.241 e. The number of thiophene rings is 1. The molecule has 0 aliphatic heterocycles. The number of nitrogens with one attached hydrogen (secondary N) is 2. The molecule has 2 aromatic rings.